The molecule has 2 rings (SSSR count). The summed E-state index contributed by atoms with van der Waals surface area (Å²) in [6.45, 7) is 3.66. The van der Waals surface area contributed by atoms with Crippen LogP contribution in [-0.4, -0.2) is 30.4 Å². The van der Waals surface area contributed by atoms with Gasteiger partial charge < -0.3 is 15.2 Å². The fourth-order valence-corrected chi connectivity index (χ4v) is 2.50. The van der Waals surface area contributed by atoms with Crippen molar-refractivity contribution in [2.24, 2.45) is 0 Å². The number of halogens is 1. The molecule has 1 fully saturated rings. The Morgan fingerprint density at radius 2 is 2.16 bits per heavy atom. The van der Waals surface area contributed by atoms with Crippen molar-refractivity contribution in [3.63, 3.8) is 0 Å². The van der Waals surface area contributed by atoms with Gasteiger partial charge in [-0.2, -0.15) is 0 Å². The van der Waals surface area contributed by atoms with Crippen molar-refractivity contribution in [1.82, 2.24) is 5.32 Å². The molecule has 0 amide bonds. The second-order valence-corrected chi connectivity index (χ2v) is 5.28. The number of benzene rings is 1. The molecule has 106 valence electrons. The SMILES string of the molecule is C[C@H](C[C@H](O)c1ccc(F)cc1)N[C@@H]1CCCOC1. The first-order valence-electron chi connectivity index (χ1n) is 6.92. The van der Waals surface area contributed by atoms with Crippen molar-refractivity contribution in [1.29, 1.82) is 0 Å². The highest BCUT2D eigenvalue weighted by molar-refractivity contribution is 5.18. The van der Waals surface area contributed by atoms with E-state index >= 15 is 0 Å². The van der Waals surface area contributed by atoms with E-state index in [2.05, 4.69) is 12.2 Å². The van der Waals surface area contributed by atoms with Crippen LogP contribution >= 0.6 is 0 Å². The standard InChI is InChI=1S/C15H22FNO2/c1-11(17-14-3-2-8-19-10-14)9-15(18)12-4-6-13(16)7-5-12/h4-7,11,14-15,17-18H,2-3,8-10H2,1H3/t11-,14-,15+/m1/s1. The number of aliphatic hydroxyl groups is 1. The number of nitrogens with one attached hydrogen (secondary N) is 1. The first-order chi connectivity index (χ1) is 9.15. The maximum Gasteiger partial charge on any atom is 0.123 e. The number of hydrogen-bond acceptors (Lipinski definition) is 3. The minimum atomic E-state index is -0.562. The molecule has 1 heterocycles. The van der Waals surface area contributed by atoms with E-state index in [4.69, 9.17) is 4.74 Å². The van der Waals surface area contributed by atoms with Gasteiger partial charge in [0, 0.05) is 18.7 Å². The van der Waals surface area contributed by atoms with Gasteiger partial charge in [0.05, 0.1) is 12.7 Å². The molecule has 0 aliphatic carbocycles. The highest BCUT2D eigenvalue weighted by Gasteiger charge is 2.18. The average molecular weight is 267 g/mol. The molecule has 0 spiro atoms. The maximum absolute atomic E-state index is 12.8. The summed E-state index contributed by atoms with van der Waals surface area (Å²) in [6, 6.07) is 6.61. The van der Waals surface area contributed by atoms with Crippen molar-refractivity contribution in [3.8, 4) is 0 Å². The van der Waals surface area contributed by atoms with Crippen molar-refractivity contribution in [3.05, 3.63) is 35.6 Å². The summed E-state index contributed by atoms with van der Waals surface area (Å²) >= 11 is 0. The Morgan fingerprint density at radius 1 is 1.42 bits per heavy atom. The predicted octanol–water partition coefficient (Wildman–Crippen LogP) is 2.41. The summed E-state index contributed by atoms with van der Waals surface area (Å²) in [5.41, 5.74) is 0.759. The summed E-state index contributed by atoms with van der Waals surface area (Å²) in [6.07, 6.45) is 2.26. The normalized spacial score (nSPS) is 23.0. The Kier molecular flexibility index (Phi) is 5.31. The number of aliphatic hydroxyl groups excluding tert-OH is 1. The van der Waals surface area contributed by atoms with E-state index in [1.165, 1.54) is 12.1 Å². The van der Waals surface area contributed by atoms with Crippen molar-refractivity contribution >= 4 is 0 Å². The maximum atomic E-state index is 12.8. The van der Waals surface area contributed by atoms with Crippen molar-refractivity contribution in [2.45, 2.75) is 44.4 Å². The second-order valence-electron chi connectivity index (χ2n) is 5.28. The van der Waals surface area contributed by atoms with Crippen LogP contribution in [0.3, 0.4) is 0 Å². The van der Waals surface area contributed by atoms with Crippen LogP contribution in [0.5, 0.6) is 0 Å². The van der Waals surface area contributed by atoms with Crippen molar-refractivity contribution in [2.75, 3.05) is 13.2 Å². The van der Waals surface area contributed by atoms with Gasteiger partial charge >= 0.3 is 0 Å². The minimum Gasteiger partial charge on any atom is -0.388 e. The van der Waals surface area contributed by atoms with E-state index in [1.807, 2.05) is 0 Å². The zero-order valence-corrected chi connectivity index (χ0v) is 11.3. The van der Waals surface area contributed by atoms with E-state index in [9.17, 15) is 9.50 Å². The molecule has 19 heavy (non-hydrogen) atoms. The molecule has 0 bridgehead atoms. The molecule has 1 aliphatic heterocycles. The number of ether oxygens (including phenoxy) is 1. The molecule has 1 aromatic carbocycles. The summed E-state index contributed by atoms with van der Waals surface area (Å²) in [5.74, 6) is -0.276. The monoisotopic (exact) mass is 267 g/mol. The highest BCUT2D eigenvalue weighted by atomic mass is 19.1. The first kappa shape index (κ1) is 14.4. The molecule has 1 aromatic rings. The molecule has 1 aliphatic rings. The van der Waals surface area contributed by atoms with Gasteiger partial charge in [-0.15, -0.1) is 0 Å². The molecule has 0 unspecified atom stereocenters. The lowest BCUT2D eigenvalue weighted by atomic mass is 10.0. The third-order valence-electron chi connectivity index (χ3n) is 3.51. The topological polar surface area (TPSA) is 41.5 Å². The van der Waals surface area contributed by atoms with E-state index < -0.39 is 6.10 Å². The highest BCUT2D eigenvalue weighted by Crippen LogP contribution is 2.19. The van der Waals surface area contributed by atoms with Crippen LogP contribution in [-0.2, 0) is 4.74 Å². The Bertz CT molecular complexity index is 376. The van der Waals surface area contributed by atoms with E-state index in [1.54, 1.807) is 12.1 Å². The second kappa shape index (κ2) is 6.98. The zero-order valence-electron chi connectivity index (χ0n) is 11.3. The smallest absolute Gasteiger partial charge is 0.123 e. The molecule has 2 N–H and O–H groups in total. The van der Waals surface area contributed by atoms with Gasteiger partial charge in [0.15, 0.2) is 0 Å². The molecular formula is C15H22FNO2. The van der Waals surface area contributed by atoms with Crippen LogP contribution in [0.25, 0.3) is 0 Å². The molecule has 3 atom stereocenters. The van der Waals surface area contributed by atoms with Crippen LogP contribution in [0.15, 0.2) is 24.3 Å². The zero-order chi connectivity index (χ0) is 13.7. The fraction of sp³-hybridized carbons (Fsp3) is 0.600. The molecule has 4 heteroatoms. The third kappa shape index (κ3) is 4.56. The average Bonchev–Trinajstić information content (AvgIpc) is 2.40. The molecular weight excluding hydrogens is 245 g/mol. The van der Waals surface area contributed by atoms with Gasteiger partial charge in [0.1, 0.15) is 5.82 Å². The summed E-state index contributed by atoms with van der Waals surface area (Å²) < 4.78 is 18.2. The summed E-state index contributed by atoms with van der Waals surface area (Å²) in [5, 5.41) is 13.6. The Hall–Kier alpha value is -0.970. The number of hydrogen-bond donors (Lipinski definition) is 2. The van der Waals surface area contributed by atoms with Gasteiger partial charge in [-0.1, -0.05) is 12.1 Å². The van der Waals surface area contributed by atoms with Gasteiger partial charge in [0.25, 0.3) is 0 Å². The largest absolute Gasteiger partial charge is 0.388 e. The fourth-order valence-electron chi connectivity index (χ4n) is 2.50. The Labute approximate surface area is 113 Å². The third-order valence-corrected chi connectivity index (χ3v) is 3.51. The summed E-state index contributed by atoms with van der Waals surface area (Å²) in [4.78, 5) is 0. The van der Waals surface area contributed by atoms with Crippen LogP contribution in [0, 0.1) is 5.82 Å². The lowest BCUT2D eigenvalue weighted by molar-refractivity contribution is 0.0628. The van der Waals surface area contributed by atoms with Gasteiger partial charge in [-0.25, -0.2) is 4.39 Å². The van der Waals surface area contributed by atoms with Crippen molar-refractivity contribution < 1.29 is 14.2 Å². The predicted molar refractivity (Wildman–Crippen MR) is 72.4 cm³/mol. The lowest BCUT2D eigenvalue weighted by Gasteiger charge is -2.27. The first-order valence-corrected chi connectivity index (χ1v) is 6.92. The molecule has 3 nitrogen and oxygen atoms in total. The molecule has 0 radical (unpaired) electrons. The molecule has 0 aromatic heterocycles. The summed E-state index contributed by atoms with van der Waals surface area (Å²) in [7, 11) is 0. The molecule has 1 saturated heterocycles. The number of rotatable bonds is 5. The van der Waals surface area contributed by atoms with Crippen LogP contribution in [0.4, 0.5) is 4.39 Å². The van der Waals surface area contributed by atoms with Gasteiger partial charge in [-0.05, 0) is 43.9 Å². The molecule has 0 saturated carbocycles. The minimum absolute atomic E-state index is 0.201. The van der Waals surface area contributed by atoms with E-state index in [0.717, 1.165) is 31.6 Å². The Morgan fingerprint density at radius 3 is 2.79 bits per heavy atom. The van der Waals surface area contributed by atoms with Gasteiger partial charge in [-0.3, -0.25) is 0 Å². The van der Waals surface area contributed by atoms with E-state index in [-0.39, 0.29) is 11.9 Å². The lowest BCUT2D eigenvalue weighted by Crippen LogP contribution is -2.42. The van der Waals surface area contributed by atoms with Crippen LogP contribution < -0.4 is 5.32 Å². The van der Waals surface area contributed by atoms with Crippen LogP contribution in [0.1, 0.15) is 37.9 Å². The van der Waals surface area contributed by atoms with Crippen LogP contribution in [0.2, 0.25) is 0 Å². The quantitative estimate of drug-likeness (QED) is 0.861. The van der Waals surface area contributed by atoms with Gasteiger partial charge in [0.2, 0.25) is 0 Å². The van der Waals surface area contributed by atoms with E-state index in [0.29, 0.717) is 12.5 Å². The Balaban J connectivity index is 1.80.